The van der Waals surface area contributed by atoms with Gasteiger partial charge in [0.05, 0.1) is 36.9 Å². The summed E-state index contributed by atoms with van der Waals surface area (Å²) in [6, 6.07) is 7.53. The third-order valence-corrected chi connectivity index (χ3v) is 5.60. The second-order valence-corrected chi connectivity index (χ2v) is 8.64. The molecule has 1 aromatic carbocycles. The Morgan fingerprint density at radius 3 is 2.14 bits per heavy atom. The van der Waals surface area contributed by atoms with Gasteiger partial charge in [-0.25, -0.2) is 14.4 Å². The molecule has 0 spiro atoms. The van der Waals surface area contributed by atoms with Gasteiger partial charge < -0.3 is 24.8 Å². The normalized spacial score (nSPS) is 16.1. The summed E-state index contributed by atoms with van der Waals surface area (Å²) in [5.41, 5.74) is 3.63. The van der Waals surface area contributed by atoms with E-state index in [1.807, 2.05) is 38.1 Å². The van der Waals surface area contributed by atoms with Crippen LogP contribution < -0.4 is 10.6 Å². The summed E-state index contributed by atoms with van der Waals surface area (Å²) in [5.74, 6) is -2.24. The molecule has 1 atom stereocenters. The number of hydrogen-bond donors (Lipinski definition) is 2. The molecule has 0 aliphatic carbocycles. The largest absolute Gasteiger partial charge is 0.463 e. The van der Waals surface area contributed by atoms with E-state index in [0.717, 1.165) is 0 Å². The van der Waals surface area contributed by atoms with Crippen LogP contribution in [0.2, 0.25) is 0 Å². The van der Waals surface area contributed by atoms with E-state index in [4.69, 9.17) is 14.2 Å². The van der Waals surface area contributed by atoms with E-state index in [-0.39, 0.29) is 25.9 Å². The molecule has 1 unspecified atom stereocenters. The number of carbonyl (C=O) groups is 3. The van der Waals surface area contributed by atoms with E-state index in [2.05, 4.69) is 10.6 Å². The first-order valence-electron chi connectivity index (χ1n) is 12.4. The van der Waals surface area contributed by atoms with Crippen LogP contribution in [0.5, 0.6) is 0 Å². The lowest BCUT2D eigenvalue weighted by Gasteiger charge is -2.32. The minimum Gasteiger partial charge on any atom is -0.463 e. The smallest absolute Gasteiger partial charge is 0.336 e. The van der Waals surface area contributed by atoms with E-state index < -0.39 is 23.8 Å². The first-order chi connectivity index (χ1) is 17.2. The van der Waals surface area contributed by atoms with Crippen molar-refractivity contribution in [3.63, 3.8) is 0 Å². The molecule has 0 amide bonds. The molecule has 0 fully saturated rings. The minimum atomic E-state index is -0.768. The zero-order chi connectivity index (χ0) is 26.8. The predicted octanol–water partition coefficient (Wildman–Crippen LogP) is 3.99. The van der Waals surface area contributed by atoms with Crippen LogP contribution in [-0.2, 0) is 28.6 Å². The molecule has 8 nitrogen and oxygen atoms in total. The summed E-state index contributed by atoms with van der Waals surface area (Å²) < 4.78 is 16.0. The molecule has 1 aliphatic rings. The van der Waals surface area contributed by atoms with Gasteiger partial charge in [0.2, 0.25) is 0 Å². The monoisotopic (exact) mass is 498 g/mol. The van der Waals surface area contributed by atoms with Crippen LogP contribution in [0.1, 0.15) is 65.5 Å². The molecule has 1 aliphatic heterocycles. The van der Waals surface area contributed by atoms with Gasteiger partial charge in [0.15, 0.2) is 0 Å². The number of esters is 3. The average molecular weight is 499 g/mol. The molecule has 1 heterocycles. The molecule has 1 aromatic rings. The Morgan fingerprint density at radius 1 is 0.972 bits per heavy atom. The van der Waals surface area contributed by atoms with Gasteiger partial charge in [0.25, 0.3) is 0 Å². The zero-order valence-corrected chi connectivity index (χ0v) is 22.3. The lowest BCUT2D eigenvalue weighted by molar-refractivity contribution is -0.140. The third kappa shape index (κ3) is 7.07. The van der Waals surface area contributed by atoms with E-state index >= 15 is 0 Å². The molecule has 0 aromatic heterocycles. The molecular formula is C28H38N2O6. The van der Waals surface area contributed by atoms with Gasteiger partial charge in [-0.3, -0.25) is 0 Å². The number of ether oxygens (including phenoxy) is 3. The molecule has 2 N–H and O–H groups in total. The van der Waals surface area contributed by atoms with Crippen molar-refractivity contribution in [1.29, 1.82) is 0 Å². The van der Waals surface area contributed by atoms with Gasteiger partial charge in [-0.2, -0.15) is 0 Å². The highest BCUT2D eigenvalue weighted by Crippen LogP contribution is 2.41. The fourth-order valence-electron chi connectivity index (χ4n) is 4.02. The van der Waals surface area contributed by atoms with Crippen LogP contribution in [0.4, 0.5) is 0 Å². The maximum absolute atomic E-state index is 13.4. The summed E-state index contributed by atoms with van der Waals surface area (Å²) >= 11 is 0. The van der Waals surface area contributed by atoms with Crippen molar-refractivity contribution in [1.82, 2.24) is 10.6 Å². The molecule has 0 radical (unpaired) electrons. The molecule has 2 rings (SSSR count). The van der Waals surface area contributed by atoms with Gasteiger partial charge in [0.1, 0.15) is 0 Å². The summed E-state index contributed by atoms with van der Waals surface area (Å²) in [7, 11) is 0. The Bertz CT molecular complexity index is 1070. The van der Waals surface area contributed by atoms with Crippen molar-refractivity contribution < 1.29 is 28.6 Å². The summed E-state index contributed by atoms with van der Waals surface area (Å²) in [6.07, 6.45) is 1.71. The van der Waals surface area contributed by atoms with Crippen molar-refractivity contribution in [2.75, 3.05) is 26.4 Å². The Morgan fingerprint density at radius 2 is 1.56 bits per heavy atom. The Hall–Kier alpha value is -3.39. The van der Waals surface area contributed by atoms with Gasteiger partial charge in [0, 0.05) is 29.6 Å². The van der Waals surface area contributed by atoms with Crippen molar-refractivity contribution in [3.8, 4) is 0 Å². The van der Waals surface area contributed by atoms with E-state index in [1.165, 1.54) is 0 Å². The molecule has 0 saturated heterocycles. The number of benzene rings is 1. The van der Waals surface area contributed by atoms with E-state index in [9.17, 15) is 14.4 Å². The minimum absolute atomic E-state index is 0.166. The maximum atomic E-state index is 13.4. The summed E-state index contributed by atoms with van der Waals surface area (Å²) in [4.78, 5) is 38.9. The number of rotatable bonds is 11. The fraction of sp³-hybridized carbons (Fsp3) is 0.464. The number of hydrogen-bond acceptors (Lipinski definition) is 8. The van der Waals surface area contributed by atoms with Crippen molar-refractivity contribution >= 4 is 24.0 Å². The number of dihydropyridines is 1. The van der Waals surface area contributed by atoms with Crippen LogP contribution in [0.3, 0.4) is 0 Å². The highest BCUT2D eigenvalue weighted by Gasteiger charge is 2.39. The van der Waals surface area contributed by atoms with Crippen molar-refractivity contribution in [2.24, 2.45) is 0 Å². The first-order valence-corrected chi connectivity index (χ1v) is 12.4. The number of nitrogens with one attached hydrogen (secondary N) is 2. The molecule has 0 bridgehead atoms. The van der Waals surface area contributed by atoms with Crippen LogP contribution in [0.15, 0.2) is 52.4 Å². The Balaban J connectivity index is 2.82. The SMILES string of the molecule is CCOC(=O)C(C)=Cc1ccccc1C1C(C(=O)OCC)=C(C)NC(CNC(C)C)=C1C(=O)OCC. The zero-order valence-electron chi connectivity index (χ0n) is 22.3. The Kier molecular flexibility index (Phi) is 10.9. The Labute approximate surface area is 213 Å². The summed E-state index contributed by atoms with van der Waals surface area (Å²) in [5, 5.41) is 6.59. The first kappa shape index (κ1) is 28.8. The lowest BCUT2D eigenvalue weighted by atomic mass is 9.78. The topological polar surface area (TPSA) is 103 Å². The van der Waals surface area contributed by atoms with E-state index in [0.29, 0.717) is 45.8 Å². The summed E-state index contributed by atoms with van der Waals surface area (Å²) in [6.45, 7) is 13.7. The van der Waals surface area contributed by atoms with E-state index in [1.54, 1.807) is 40.7 Å². The second-order valence-electron chi connectivity index (χ2n) is 8.64. The lowest BCUT2D eigenvalue weighted by Crippen LogP contribution is -2.38. The molecule has 196 valence electrons. The second kappa shape index (κ2) is 13.6. The molecule has 8 heteroatoms. The third-order valence-electron chi connectivity index (χ3n) is 5.60. The van der Waals surface area contributed by atoms with Gasteiger partial charge >= 0.3 is 17.9 Å². The number of carbonyl (C=O) groups excluding carboxylic acids is 3. The molecular weight excluding hydrogens is 460 g/mol. The van der Waals surface area contributed by atoms with Crippen LogP contribution in [0.25, 0.3) is 6.08 Å². The molecule has 36 heavy (non-hydrogen) atoms. The van der Waals surface area contributed by atoms with Gasteiger partial charge in [-0.1, -0.05) is 38.1 Å². The van der Waals surface area contributed by atoms with Crippen LogP contribution in [0, 0.1) is 0 Å². The van der Waals surface area contributed by atoms with Crippen molar-refractivity contribution in [2.45, 2.75) is 60.4 Å². The maximum Gasteiger partial charge on any atom is 0.336 e. The number of allylic oxidation sites excluding steroid dienone is 1. The van der Waals surface area contributed by atoms with Crippen LogP contribution in [-0.4, -0.2) is 50.3 Å². The highest BCUT2D eigenvalue weighted by molar-refractivity contribution is 6.00. The average Bonchev–Trinajstić information content (AvgIpc) is 2.82. The van der Waals surface area contributed by atoms with Gasteiger partial charge in [-0.15, -0.1) is 0 Å². The standard InChI is InChI=1S/C28H38N2O6/c1-8-34-26(31)18(6)15-20-13-11-12-14-21(20)24-23(27(32)35-9-2)19(7)30-22(16-29-17(4)5)25(24)28(33)36-10-3/h11-15,17,24,29-30H,8-10,16H2,1-7H3. The predicted molar refractivity (Wildman–Crippen MR) is 139 cm³/mol. The van der Waals surface area contributed by atoms with Crippen molar-refractivity contribution in [3.05, 3.63) is 63.5 Å². The fourth-order valence-corrected chi connectivity index (χ4v) is 4.02. The van der Waals surface area contributed by atoms with Gasteiger partial charge in [-0.05, 0) is 51.8 Å². The quantitative estimate of drug-likeness (QED) is 0.268. The highest BCUT2D eigenvalue weighted by atomic mass is 16.5. The molecule has 0 saturated carbocycles. The van der Waals surface area contributed by atoms with Crippen LogP contribution >= 0.6 is 0 Å².